The third-order valence-corrected chi connectivity index (χ3v) is 3.18. The molecule has 96 valence electrons. The average Bonchev–Trinajstić information content (AvgIpc) is 2.84. The van der Waals surface area contributed by atoms with E-state index in [2.05, 4.69) is 66.0 Å². The van der Waals surface area contributed by atoms with E-state index in [1.165, 1.54) is 16.3 Å². The summed E-state index contributed by atoms with van der Waals surface area (Å²) in [5, 5.41) is 10.2. The number of nitrogens with zero attached hydrogens (tertiary/aromatic N) is 2. The van der Waals surface area contributed by atoms with E-state index in [9.17, 15) is 0 Å². The van der Waals surface area contributed by atoms with Crippen LogP contribution in [-0.4, -0.2) is 16.3 Å². The van der Waals surface area contributed by atoms with Crippen molar-refractivity contribution < 1.29 is 0 Å². The summed E-state index contributed by atoms with van der Waals surface area (Å²) in [6.07, 6.45) is 3.94. The first-order chi connectivity index (χ1) is 9.31. The Bertz CT molecular complexity index is 685. The quantitative estimate of drug-likeness (QED) is 0.769. The Kier molecular flexibility index (Phi) is 3.19. The number of hydrogen-bond donors (Lipinski definition) is 1. The highest BCUT2D eigenvalue weighted by atomic mass is 15.3. The molecule has 0 amide bonds. The van der Waals surface area contributed by atoms with Crippen molar-refractivity contribution in [3.8, 4) is 0 Å². The van der Waals surface area contributed by atoms with Gasteiger partial charge in [-0.15, -0.1) is 0 Å². The molecule has 3 aromatic rings. The minimum Gasteiger partial charge on any atom is -0.383 e. The van der Waals surface area contributed by atoms with Crippen molar-refractivity contribution in [1.82, 2.24) is 9.78 Å². The highest BCUT2D eigenvalue weighted by Gasteiger charge is 1.97. The molecule has 3 heteroatoms. The van der Waals surface area contributed by atoms with E-state index in [0.717, 1.165) is 18.8 Å². The number of nitrogens with one attached hydrogen (secondary N) is 1. The number of rotatable bonds is 4. The zero-order valence-electron chi connectivity index (χ0n) is 11.0. The summed E-state index contributed by atoms with van der Waals surface area (Å²) in [5.41, 5.74) is 2.35. The molecule has 0 saturated carbocycles. The SMILES string of the molecule is Cc1cnn(CCNc2ccc3ccccc3c2)c1. The van der Waals surface area contributed by atoms with Crippen LogP contribution in [0.4, 0.5) is 5.69 Å². The zero-order chi connectivity index (χ0) is 13.1. The summed E-state index contributed by atoms with van der Waals surface area (Å²) in [7, 11) is 0. The van der Waals surface area contributed by atoms with E-state index in [0.29, 0.717) is 0 Å². The van der Waals surface area contributed by atoms with Gasteiger partial charge in [0.1, 0.15) is 0 Å². The minimum absolute atomic E-state index is 0.874. The third-order valence-electron chi connectivity index (χ3n) is 3.18. The van der Waals surface area contributed by atoms with Gasteiger partial charge in [-0.25, -0.2) is 0 Å². The lowest BCUT2D eigenvalue weighted by molar-refractivity contribution is 0.637. The van der Waals surface area contributed by atoms with Crippen molar-refractivity contribution in [2.45, 2.75) is 13.5 Å². The Morgan fingerprint density at radius 2 is 1.95 bits per heavy atom. The zero-order valence-corrected chi connectivity index (χ0v) is 11.0. The van der Waals surface area contributed by atoms with Gasteiger partial charge in [-0.3, -0.25) is 4.68 Å². The van der Waals surface area contributed by atoms with Crippen LogP contribution in [0.15, 0.2) is 54.9 Å². The molecule has 0 bridgehead atoms. The fourth-order valence-electron chi connectivity index (χ4n) is 2.20. The van der Waals surface area contributed by atoms with E-state index >= 15 is 0 Å². The van der Waals surface area contributed by atoms with Crippen LogP contribution in [0, 0.1) is 6.92 Å². The smallest absolute Gasteiger partial charge is 0.0582 e. The number of anilines is 1. The van der Waals surface area contributed by atoms with Crippen LogP contribution in [-0.2, 0) is 6.54 Å². The van der Waals surface area contributed by atoms with Gasteiger partial charge >= 0.3 is 0 Å². The van der Waals surface area contributed by atoms with Gasteiger partial charge in [-0.05, 0) is 35.4 Å². The maximum Gasteiger partial charge on any atom is 0.0582 e. The van der Waals surface area contributed by atoms with Crippen molar-refractivity contribution >= 4 is 16.5 Å². The highest BCUT2D eigenvalue weighted by molar-refractivity contribution is 5.85. The summed E-state index contributed by atoms with van der Waals surface area (Å²) in [6.45, 7) is 3.81. The van der Waals surface area contributed by atoms with E-state index in [4.69, 9.17) is 0 Å². The maximum absolute atomic E-state index is 4.27. The normalized spacial score (nSPS) is 10.8. The molecule has 0 atom stereocenters. The molecule has 0 saturated heterocycles. The van der Waals surface area contributed by atoms with Gasteiger partial charge in [0, 0.05) is 18.4 Å². The molecule has 1 N–H and O–H groups in total. The first-order valence-corrected chi connectivity index (χ1v) is 6.53. The monoisotopic (exact) mass is 251 g/mol. The van der Waals surface area contributed by atoms with Crippen molar-refractivity contribution in [3.63, 3.8) is 0 Å². The third kappa shape index (κ3) is 2.76. The lowest BCUT2D eigenvalue weighted by Gasteiger charge is -2.07. The first kappa shape index (κ1) is 11.8. The molecule has 3 nitrogen and oxygen atoms in total. The molecule has 19 heavy (non-hydrogen) atoms. The molecule has 0 aliphatic heterocycles. The van der Waals surface area contributed by atoms with Crippen LogP contribution < -0.4 is 5.32 Å². The standard InChI is InChI=1S/C16H17N3/c1-13-11-18-19(12-13)9-8-17-16-7-6-14-4-2-3-5-15(14)10-16/h2-7,10-12,17H,8-9H2,1H3. The predicted octanol–water partition coefficient (Wildman–Crippen LogP) is 3.46. The predicted molar refractivity (Wildman–Crippen MR) is 79.4 cm³/mol. The van der Waals surface area contributed by atoms with Crippen LogP contribution in [0.1, 0.15) is 5.56 Å². The van der Waals surface area contributed by atoms with E-state index in [1.807, 2.05) is 10.9 Å². The Labute approximate surface area is 112 Å². The molecule has 0 aliphatic rings. The number of aromatic nitrogens is 2. The Balaban J connectivity index is 1.65. The van der Waals surface area contributed by atoms with Crippen LogP contribution >= 0.6 is 0 Å². The van der Waals surface area contributed by atoms with Crippen molar-refractivity contribution in [1.29, 1.82) is 0 Å². The van der Waals surface area contributed by atoms with Crippen molar-refractivity contribution in [3.05, 3.63) is 60.4 Å². The summed E-state index contributed by atoms with van der Waals surface area (Å²) in [6, 6.07) is 14.9. The Hall–Kier alpha value is -2.29. The fraction of sp³-hybridized carbons (Fsp3) is 0.188. The van der Waals surface area contributed by atoms with Gasteiger partial charge < -0.3 is 5.32 Å². The molecule has 0 aliphatic carbocycles. The average molecular weight is 251 g/mol. The molecular formula is C16H17N3. The van der Waals surface area contributed by atoms with E-state index in [-0.39, 0.29) is 0 Å². The molecule has 0 unspecified atom stereocenters. The summed E-state index contributed by atoms with van der Waals surface area (Å²) in [5.74, 6) is 0. The minimum atomic E-state index is 0.874. The maximum atomic E-state index is 4.27. The lowest BCUT2D eigenvalue weighted by atomic mass is 10.1. The summed E-state index contributed by atoms with van der Waals surface area (Å²) in [4.78, 5) is 0. The second-order valence-corrected chi connectivity index (χ2v) is 4.77. The lowest BCUT2D eigenvalue weighted by Crippen LogP contribution is -2.10. The molecule has 1 aromatic heterocycles. The van der Waals surface area contributed by atoms with Crippen LogP contribution in [0.25, 0.3) is 10.8 Å². The van der Waals surface area contributed by atoms with Crippen molar-refractivity contribution in [2.24, 2.45) is 0 Å². The Morgan fingerprint density at radius 1 is 1.11 bits per heavy atom. The summed E-state index contributed by atoms with van der Waals surface area (Å²) < 4.78 is 1.96. The molecule has 1 heterocycles. The number of hydrogen-bond acceptors (Lipinski definition) is 2. The van der Waals surface area contributed by atoms with Gasteiger partial charge in [-0.2, -0.15) is 5.10 Å². The van der Waals surface area contributed by atoms with Crippen LogP contribution in [0.2, 0.25) is 0 Å². The molecule has 0 spiro atoms. The second kappa shape index (κ2) is 5.14. The topological polar surface area (TPSA) is 29.9 Å². The van der Waals surface area contributed by atoms with Crippen LogP contribution in [0.3, 0.4) is 0 Å². The highest BCUT2D eigenvalue weighted by Crippen LogP contribution is 2.18. The number of aryl methyl sites for hydroxylation is 1. The van der Waals surface area contributed by atoms with Gasteiger partial charge in [0.2, 0.25) is 0 Å². The molecule has 3 rings (SSSR count). The van der Waals surface area contributed by atoms with Crippen molar-refractivity contribution in [2.75, 3.05) is 11.9 Å². The van der Waals surface area contributed by atoms with E-state index in [1.54, 1.807) is 0 Å². The summed E-state index contributed by atoms with van der Waals surface area (Å²) >= 11 is 0. The van der Waals surface area contributed by atoms with E-state index < -0.39 is 0 Å². The molecular weight excluding hydrogens is 234 g/mol. The fourth-order valence-corrected chi connectivity index (χ4v) is 2.20. The molecule has 0 fully saturated rings. The largest absolute Gasteiger partial charge is 0.383 e. The number of fused-ring (bicyclic) bond motifs is 1. The van der Waals surface area contributed by atoms with Gasteiger partial charge in [0.05, 0.1) is 12.7 Å². The van der Waals surface area contributed by atoms with Crippen LogP contribution in [0.5, 0.6) is 0 Å². The van der Waals surface area contributed by atoms with Gasteiger partial charge in [0.25, 0.3) is 0 Å². The molecule has 2 aromatic carbocycles. The molecule has 0 radical (unpaired) electrons. The second-order valence-electron chi connectivity index (χ2n) is 4.77. The van der Waals surface area contributed by atoms with Gasteiger partial charge in [-0.1, -0.05) is 30.3 Å². The van der Waals surface area contributed by atoms with Gasteiger partial charge in [0.15, 0.2) is 0 Å². The number of benzene rings is 2. The Morgan fingerprint density at radius 3 is 2.74 bits per heavy atom. The first-order valence-electron chi connectivity index (χ1n) is 6.53.